The number of phenols is 1. The Hall–Kier alpha value is -3.55. The van der Waals surface area contributed by atoms with Gasteiger partial charge in [-0.3, -0.25) is 0 Å². The molecule has 1 N–H and O–H groups in total. The van der Waals surface area contributed by atoms with Crippen LogP contribution in [0.4, 0.5) is 0 Å². The number of methoxy groups -OCH3 is 3. The van der Waals surface area contributed by atoms with Crippen molar-refractivity contribution >= 4 is 5.97 Å². The third-order valence-electron chi connectivity index (χ3n) is 7.04. The summed E-state index contributed by atoms with van der Waals surface area (Å²) < 4.78 is 34.4. The molecule has 2 aromatic carbocycles. The summed E-state index contributed by atoms with van der Waals surface area (Å²) in [5, 5.41) is 11.5. The molecule has 2 aromatic rings. The number of esters is 1. The van der Waals surface area contributed by atoms with Gasteiger partial charge < -0.3 is 33.5 Å². The van der Waals surface area contributed by atoms with Crippen LogP contribution in [-0.4, -0.2) is 39.2 Å². The van der Waals surface area contributed by atoms with E-state index in [0.29, 0.717) is 51.7 Å². The summed E-state index contributed by atoms with van der Waals surface area (Å²) in [7, 11) is 4.54. The van der Waals surface area contributed by atoms with Gasteiger partial charge in [-0.25, -0.2) is 4.79 Å². The monoisotopic (exact) mass is 484 g/mol. The number of fused-ring (bicyclic) bond motifs is 4. The minimum absolute atomic E-state index is 0.0352. The van der Waals surface area contributed by atoms with E-state index >= 15 is 0 Å². The Labute approximate surface area is 205 Å². The first-order valence-electron chi connectivity index (χ1n) is 11.6. The second-order valence-corrected chi connectivity index (χ2v) is 8.94. The van der Waals surface area contributed by atoms with Gasteiger partial charge in [0.15, 0.2) is 23.0 Å². The highest BCUT2D eigenvalue weighted by Crippen LogP contribution is 2.58. The van der Waals surface area contributed by atoms with E-state index < -0.39 is 12.1 Å². The van der Waals surface area contributed by atoms with Crippen LogP contribution in [0, 0.1) is 11.8 Å². The Morgan fingerprint density at radius 3 is 2.40 bits per heavy atom. The maximum absolute atomic E-state index is 12.9. The maximum atomic E-state index is 12.9. The lowest BCUT2D eigenvalue weighted by molar-refractivity contribution is -0.148. The molecule has 3 unspecified atom stereocenters. The smallest absolute Gasteiger partial charge is 0.333 e. The van der Waals surface area contributed by atoms with Crippen LogP contribution < -0.4 is 23.7 Å². The van der Waals surface area contributed by atoms with E-state index in [1.807, 2.05) is 12.1 Å². The van der Waals surface area contributed by atoms with Gasteiger partial charge in [-0.1, -0.05) is 19.9 Å². The highest BCUT2D eigenvalue weighted by atomic mass is 16.7. The van der Waals surface area contributed by atoms with Crippen molar-refractivity contribution in [2.75, 3.05) is 28.1 Å². The number of hydrogen-bond acceptors (Lipinski definition) is 8. The zero-order valence-corrected chi connectivity index (χ0v) is 21.2. The molecule has 0 saturated carbocycles. The Balaban J connectivity index is 2.09. The maximum Gasteiger partial charge on any atom is 0.333 e. The van der Waals surface area contributed by atoms with Crippen LogP contribution >= 0.6 is 0 Å². The number of carbonyl (C=O) groups is 1. The lowest BCUT2D eigenvalue weighted by atomic mass is 9.76. The predicted molar refractivity (Wildman–Crippen MR) is 130 cm³/mol. The fourth-order valence-electron chi connectivity index (χ4n) is 4.79. The van der Waals surface area contributed by atoms with Crippen molar-refractivity contribution in [1.29, 1.82) is 0 Å². The van der Waals surface area contributed by atoms with Gasteiger partial charge in [-0.2, -0.15) is 0 Å². The van der Waals surface area contributed by atoms with Crippen molar-refractivity contribution in [2.24, 2.45) is 11.8 Å². The number of allylic oxidation sites excluding steroid dienone is 1. The Morgan fingerprint density at radius 1 is 1.06 bits per heavy atom. The van der Waals surface area contributed by atoms with E-state index in [9.17, 15) is 9.90 Å². The van der Waals surface area contributed by atoms with Gasteiger partial charge in [0.1, 0.15) is 6.10 Å². The van der Waals surface area contributed by atoms with Crippen LogP contribution in [-0.2, 0) is 16.0 Å². The average Bonchev–Trinajstić information content (AvgIpc) is 3.33. The van der Waals surface area contributed by atoms with Crippen molar-refractivity contribution < 1.29 is 38.3 Å². The van der Waals surface area contributed by atoms with Gasteiger partial charge in [0.25, 0.3) is 0 Å². The average molecular weight is 485 g/mol. The number of carbonyl (C=O) groups excluding carboxylic acids is 1. The third kappa shape index (κ3) is 4.00. The minimum atomic E-state index is -0.633. The molecule has 188 valence electrons. The summed E-state index contributed by atoms with van der Waals surface area (Å²) in [6.45, 7) is 7.71. The van der Waals surface area contributed by atoms with Crippen LogP contribution in [0.3, 0.4) is 0 Å². The van der Waals surface area contributed by atoms with E-state index in [-0.39, 0.29) is 30.1 Å². The molecule has 8 nitrogen and oxygen atoms in total. The van der Waals surface area contributed by atoms with Gasteiger partial charge in [0.2, 0.25) is 18.3 Å². The van der Waals surface area contributed by atoms with Crippen molar-refractivity contribution in [3.8, 4) is 45.6 Å². The topological polar surface area (TPSA) is 92.7 Å². The van der Waals surface area contributed by atoms with Crippen LogP contribution in [0.15, 0.2) is 23.8 Å². The summed E-state index contributed by atoms with van der Waals surface area (Å²) in [6, 6.07) is 3.69. The van der Waals surface area contributed by atoms with Gasteiger partial charge in [-0.15, -0.1) is 0 Å². The molecule has 8 heteroatoms. The summed E-state index contributed by atoms with van der Waals surface area (Å²) in [6.07, 6.45) is 1.68. The van der Waals surface area contributed by atoms with E-state index in [1.54, 1.807) is 19.9 Å². The molecular formula is C27H32O8. The molecule has 4 rings (SSSR count). The summed E-state index contributed by atoms with van der Waals surface area (Å²) in [5.41, 5.74) is 3.12. The van der Waals surface area contributed by atoms with E-state index in [2.05, 4.69) is 13.8 Å². The molecule has 0 fully saturated rings. The molecule has 0 spiro atoms. The highest BCUT2D eigenvalue weighted by molar-refractivity contribution is 5.90. The number of ether oxygens (including phenoxy) is 6. The quantitative estimate of drug-likeness (QED) is 0.458. The fraction of sp³-hybridized carbons (Fsp3) is 0.444. The molecule has 1 heterocycles. The Kier molecular flexibility index (Phi) is 6.74. The summed E-state index contributed by atoms with van der Waals surface area (Å²) in [4.78, 5) is 12.9. The molecule has 0 aromatic heterocycles. The van der Waals surface area contributed by atoms with E-state index in [1.165, 1.54) is 21.3 Å². The van der Waals surface area contributed by atoms with Gasteiger partial charge in [0, 0.05) is 28.2 Å². The third-order valence-corrected chi connectivity index (χ3v) is 7.04. The van der Waals surface area contributed by atoms with Crippen molar-refractivity contribution in [1.82, 2.24) is 0 Å². The molecule has 0 bridgehead atoms. The zero-order chi connectivity index (χ0) is 25.4. The number of hydrogen-bond donors (Lipinski definition) is 1. The standard InChI is InChI=1S/C27H32O8/c1-8-13(2)27(29)35-23-15(4)14(3)9-16-10-18(30-5)24(31-6)22(28)20(16)21-17(23)11-19-25(26(21)32-7)34-12-33-19/h8,10-11,14-15,23,28H,9,12H2,1-7H3/b13-8-. The molecule has 1 aliphatic heterocycles. The fourth-order valence-corrected chi connectivity index (χ4v) is 4.79. The first kappa shape index (κ1) is 24.6. The van der Waals surface area contributed by atoms with Gasteiger partial charge in [0.05, 0.1) is 21.3 Å². The SMILES string of the molecule is C/C=C(/C)C(=O)OC1c2cc3c(c(OC)c2-c2c(cc(OC)c(OC)c2O)CC(C)C1C)OCO3. The molecule has 0 saturated heterocycles. The largest absolute Gasteiger partial charge is 0.504 e. The molecule has 0 amide bonds. The lowest BCUT2D eigenvalue weighted by Crippen LogP contribution is -2.26. The second kappa shape index (κ2) is 9.60. The molecular weight excluding hydrogens is 452 g/mol. The van der Waals surface area contributed by atoms with Gasteiger partial charge in [-0.05, 0) is 43.9 Å². The molecule has 35 heavy (non-hydrogen) atoms. The number of rotatable bonds is 5. The Bertz CT molecular complexity index is 1180. The van der Waals surface area contributed by atoms with E-state index in [0.717, 1.165) is 5.56 Å². The molecule has 1 aliphatic carbocycles. The van der Waals surface area contributed by atoms with Crippen LogP contribution in [0.1, 0.15) is 44.9 Å². The van der Waals surface area contributed by atoms with Crippen LogP contribution in [0.25, 0.3) is 11.1 Å². The van der Waals surface area contributed by atoms with Crippen molar-refractivity contribution in [2.45, 2.75) is 40.2 Å². The van der Waals surface area contributed by atoms with Crippen LogP contribution in [0.2, 0.25) is 0 Å². The molecule has 0 radical (unpaired) electrons. The van der Waals surface area contributed by atoms with E-state index in [4.69, 9.17) is 28.4 Å². The number of phenolic OH excluding ortho intramolecular Hbond substituents is 1. The number of aromatic hydroxyl groups is 1. The van der Waals surface area contributed by atoms with Crippen molar-refractivity contribution in [3.05, 3.63) is 34.9 Å². The van der Waals surface area contributed by atoms with Crippen LogP contribution in [0.5, 0.6) is 34.5 Å². The summed E-state index contributed by atoms with van der Waals surface area (Å²) in [5.74, 6) is 1.47. The lowest BCUT2D eigenvalue weighted by Gasteiger charge is -2.35. The van der Waals surface area contributed by atoms with Gasteiger partial charge >= 0.3 is 5.97 Å². The summed E-state index contributed by atoms with van der Waals surface area (Å²) >= 11 is 0. The zero-order valence-electron chi connectivity index (χ0n) is 21.2. The Morgan fingerprint density at radius 2 is 1.77 bits per heavy atom. The highest BCUT2D eigenvalue weighted by Gasteiger charge is 2.39. The predicted octanol–water partition coefficient (Wildman–Crippen LogP) is 5.19. The molecule has 3 atom stereocenters. The van der Waals surface area contributed by atoms with Crippen molar-refractivity contribution in [3.63, 3.8) is 0 Å². The first-order valence-corrected chi connectivity index (χ1v) is 11.6. The first-order chi connectivity index (χ1) is 16.8. The number of benzene rings is 2. The normalized spacial score (nSPS) is 20.8. The second-order valence-electron chi connectivity index (χ2n) is 8.94. The molecule has 2 aliphatic rings. The minimum Gasteiger partial charge on any atom is -0.504 e.